The van der Waals surface area contributed by atoms with Gasteiger partial charge in [0.15, 0.2) is 0 Å². The number of rotatable bonds is 7. The van der Waals surface area contributed by atoms with Gasteiger partial charge in [0, 0.05) is 12.6 Å². The summed E-state index contributed by atoms with van der Waals surface area (Å²) in [5.74, 6) is 0.714. The summed E-state index contributed by atoms with van der Waals surface area (Å²) < 4.78 is 33.7. The van der Waals surface area contributed by atoms with Gasteiger partial charge in [-0.1, -0.05) is 42.5 Å². The second-order valence-corrected chi connectivity index (χ2v) is 8.51. The average molecular weight is 407 g/mol. The first-order chi connectivity index (χ1) is 14.0. The number of benzene rings is 3. The molecule has 29 heavy (non-hydrogen) atoms. The van der Waals surface area contributed by atoms with E-state index in [1.807, 2.05) is 67.6 Å². The van der Waals surface area contributed by atoms with Crippen LogP contribution >= 0.6 is 0 Å². The average Bonchev–Trinajstić information content (AvgIpc) is 2.78. The molecule has 0 amide bonds. The summed E-state index contributed by atoms with van der Waals surface area (Å²) in [6.07, 6.45) is 0. The molecule has 0 aliphatic carbocycles. The highest BCUT2D eigenvalue weighted by Crippen LogP contribution is 2.30. The third-order valence-electron chi connectivity index (χ3n) is 4.80. The molecule has 0 aliphatic rings. The Labute approximate surface area is 171 Å². The number of hydrogen-bond donors (Lipinski definition) is 0. The van der Waals surface area contributed by atoms with E-state index in [0.717, 1.165) is 11.1 Å². The Kier molecular flexibility index (Phi) is 6.32. The van der Waals surface area contributed by atoms with E-state index in [4.69, 9.17) is 10.00 Å². The molecule has 0 aliphatic heterocycles. The zero-order valence-corrected chi connectivity index (χ0v) is 17.1. The molecule has 0 saturated carbocycles. The van der Waals surface area contributed by atoms with Gasteiger partial charge in [0.1, 0.15) is 5.75 Å². The zero-order valence-electron chi connectivity index (χ0n) is 16.3. The lowest BCUT2D eigenvalue weighted by molar-refractivity contribution is 0.336. The van der Waals surface area contributed by atoms with E-state index in [1.54, 1.807) is 7.11 Å². The fourth-order valence-corrected chi connectivity index (χ4v) is 4.68. The molecule has 0 fully saturated rings. The number of nitriles is 1. The van der Waals surface area contributed by atoms with Crippen molar-refractivity contribution >= 4 is 10.0 Å². The minimum atomic E-state index is -3.79. The summed E-state index contributed by atoms with van der Waals surface area (Å²) in [6, 6.07) is 24.5. The lowest BCUT2D eigenvalue weighted by Gasteiger charge is -2.29. The van der Waals surface area contributed by atoms with Crippen LogP contribution in [-0.4, -0.2) is 19.8 Å². The Morgan fingerprint density at radius 3 is 2.14 bits per heavy atom. The number of methoxy groups -OCH3 is 1. The maximum Gasteiger partial charge on any atom is 0.243 e. The molecule has 0 aromatic heterocycles. The quantitative estimate of drug-likeness (QED) is 0.578. The van der Waals surface area contributed by atoms with E-state index in [9.17, 15) is 8.42 Å². The van der Waals surface area contributed by atoms with Gasteiger partial charge in [-0.15, -0.1) is 0 Å². The van der Waals surface area contributed by atoms with E-state index in [1.165, 1.54) is 28.6 Å². The first-order valence-electron chi connectivity index (χ1n) is 9.15. The lowest BCUT2D eigenvalue weighted by Crippen LogP contribution is -2.33. The normalized spacial score (nSPS) is 12.3. The van der Waals surface area contributed by atoms with Crippen molar-refractivity contribution in [3.8, 4) is 11.8 Å². The second kappa shape index (κ2) is 8.91. The van der Waals surface area contributed by atoms with Gasteiger partial charge < -0.3 is 4.74 Å². The van der Waals surface area contributed by atoms with E-state index in [2.05, 4.69) is 0 Å². The fraction of sp³-hybridized carbons (Fsp3) is 0.174. The van der Waals surface area contributed by atoms with Crippen LogP contribution in [0.2, 0.25) is 0 Å². The molecular weight excluding hydrogens is 384 g/mol. The van der Waals surface area contributed by atoms with Crippen molar-refractivity contribution in [1.29, 1.82) is 5.26 Å². The number of sulfonamides is 1. The monoisotopic (exact) mass is 406 g/mol. The Morgan fingerprint density at radius 1 is 0.966 bits per heavy atom. The van der Waals surface area contributed by atoms with Gasteiger partial charge in [-0.25, -0.2) is 8.42 Å². The molecule has 0 unspecified atom stereocenters. The predicted octanol–water partition coefficient (Wildman–Crippen LogP) is 4.52. The summed E-state index contributed by atoms with van der Waals surface area (Å²) in [4.78, 5) is 0.160. The molecule has 0 bridgehead atoms. The summed E-state index contributed by atoms with van der Waals surface area (Å²) >= 11 is 0. The summed E-state index contributed by atoms with van der Waals surface area (Å²) in [5, 5.41) is 8.99. The van der Waals surface area contributed by atoms with E-state index < -0.39 is 10.0 Å². The number of nitrogens with zero attached hydrogens (tertiary/aromatic N) is 2. The minimum absolute atomic E-state index is 0.160. The Bertz CT molecular complexity index is 1090. The van der Waals surface area contributed by atoms with E-state index >= 15 is 0 Å². The first-order valence-corrected chi connectivity index (χ1v) is 10.6. The largest absolute Gasteiger partial charge is 0.497 e. The maximum atomic E-state index is 13.5. The van der Waals surface area contributed by atoms with Crippen molar-refractivity contribution in [3.63, 3.8) is 0 Å². The molecule has 0 N–H and O–H groups in total. The van der Waals surface area contributed by atoms with Crippen molar-refractivity contribution < 1.29 is 13.2 Å². The molecule has 148 valence electrons. The van der Waals surface area contributed by atoms with Crippen LogP contribution in [0.25, 0.3) is 0 Å². The van der Waals surface area contributed by atoms with Crippen molar-refractivity contribution in [2.24, 2.45) is 0 Å². The van der Waals surface area contributed by atoms with Crippen LogP contribution in [0, 0.1) is 11.3 Å². The van der Waals surface area contributed by atoms with Crippen LogP contribution in [0.5, 0.6) is 5.75 Å². The molecule has 3 rings (SSSR count). The van der Waals surface area contributed by atoms with Crippen LogP contribution in [0.15, 0.2) is 83.8 Å². The van der Waals surface area contributed by atoms with Gasteiger partial charge in [0.25, 0.3) is 0 Å². The van der Waals surface area contributed by atoms with Crippen LogP contribution in [0.1, 0.15) is 29.7 Å². The third-order valence-corrected chi connectivity index (χ3v) is 6.73. The SMILES string of the molecule is COc1ccc(CN([C@@H](C)c2ccccc2)S(=O)(=O)c2ccc(C#N)cc2)cc1. The smallest absolute Gasteiger partial charge is 0.243 e. The van der Waals surface area contributed by atoms with Gasteiger partial charge in [0.05, 0.1) is 23.6 Å². The number of hydrogen-bond acceptors (Lipinski definition) is 4. The second-order valence-electron chi connectivity index (χ2n) is 6.62. The summed E-state index contributed by atoms with van der Waals surface area (Å²) in [5.41, 5.74) is 2.17. The van der Waals surface area contributed by atoms with Gasteiger partial charge >= 0.3 is 0 Å². The topological polar surface area (TPSA) is 70.4 Å². The molecule has 1 atom stereocenters. The van der Waals surface area contributed by atoms with Crippen LogP contribution in [0.3, 0.4) is 0 Å². The van der Waals surface area contributed by atoms with Crippen LogP contribution < -0.4 is 4.74 Å². The first kappa shape index (κ1) is 20.6. The standard InChI is InChI=1S/C23H22N2O3S/c1-18(21-6-4-3-5-7-21)25(17-20-8-12-22(28-2)13-9-20)29(26,27)23-14-10-19(16-24)11-15-23/h3-15,18H,17H2,1-2H3/t18-/m0/s1. The van der Waals surface area contributed by atoms with Crippen molar-refractivity contribution in [2.45, 2.75) is 24.4 Å². The van der Waals surface area contributed by atoms with E-state index in [-0.39, 0.29) is 17.5 Å². The Hall–Kier alpha value is -3.14. The van der Waals surface area contributed by atoms with Gasteiger partial charge in [0.2, 0.25) is 10.0 Å². The molecular formula is C23H22N2O3S. The summed E-state index contributed by atoms with van der Waals surface area (Å²) in [7, 11) is -2.20. The molecule has 3 aromatic rings. The highest BCUT2D eigenvalue weighted by atomic mass is 32.2. The molecule has 6 heteroatoms. The van der Waals surface area contributed by atoms with Gasteiger partial charge in [-0.05, 0) is 54.4 Å². The molecule has 0 saturated heterocycles. The fourth-order valence-electron chi connectivity index (χ4n) is 3.08. The molecule has 3 aromatic carbocycles. The van der Waals surface area contributed by atoms with Crippen molar-refractivity contribution in [3.05, 3.63) is 95.6 Å². The zero-order chi connectivity index (χ0) is 20.9. The van der Waals surface area contributed by atoms with Crippen LogP contribution in [0.4, 0.5) is 0 Å². The number of ether oxygens (including phenoxy) is 1. The van der Waals surface area contributed by atoms with Gasteiger partial charge in [-0.2, -0.15) is 9.57 Å². The molecule has 0 spiro atoms. The molecule has 0 heterocycles. The predicted molar refractivity (Wildman–Crippen MR) is 112 cm³/mol. The maximum absolute atomic E-state index is 13.5. The molecule has 5 nitrogen and oxygen atoms in total. The van der Waals surface area contributed by atoms with Crippen molar-refractivity contribution in [1.82, 2.24) is 4.31 Å². The lowest BCUT2D eigenvalue weighted by atomic mass is 10.1. The van der Waals surface area contributed by atoms with Crippen molar-refractivity contribution in [2.75, 3.05) is 7.11 Å². The summed E-state index contributed by atoms with van der Waals surface area (Å²) in [6.45, 7) is 2.09. The highest BCUT2D eigenvalue weighted by Gasteiger charge is 2.30. The third kappa shape index (κ3) is 4.65. The van der Waals surface area contributed by atoms with Crippen LogP contribution in [-0.2, 0) is 16.6 Å². The Morgan fingerprint density at radius 2 is 1.59 bits per heavy atom. The highest BCUT2D eigenvalue weighted by molar-refractivity contribution is 7.89. The van der Waals surface area contributed by atoms with E-state index in [0.29, 0.717) is 11.3 Å². The minimum Gasteiger partial charge on any atom is -0.497 e. The Balaban J connectivity index is 2.01. The van der Waals surface area contributed by atoms with Gasteiger partial charge in [-0.3, -0.25) is 0 Å². The molecule has 0 radical (unpaired) electrons.